The molecule has 1 aromatic carbocycles. The number of fused-ring (bicyclic) bond motifs is 1. The van der Waals surface area contributed by atoms with Gasteiger partial charge in [-0.25, -0.2) is 0 Å². The quantitative estimate of drug-likeness (QED) is 0.851. The molecule has 128 valence electrons. The molecule has 0 aliphatic carbocycles. The number of nitrogens with one attached hydrogen (secondary N) is 1. The Bertz CT molecular complexity index is 681. The Kier molecular flexibility index (Phi) is 5.98. The lowest BCUT2D eigenvalue weighted by molar-refractivity contribution is 0.0932. The molecule has 24 heavy (non-hydrogen) atoms. The number of nitrogens with zero attached hydrogens (tertiary/aromatic N) is 1. The summed E-state index contributed by atoms with van der Waals surface area (Å²) >= 11 is 3.65. The van der Waals surface area contributed by atoms with E-state index in [0.29, 0.717) is 12.6 Å². The van der Waals surface area contributed by atoms with Gasteiger partial charge in [-0.1, -0.05) is 12.1 Å². The average Bonchev–Trinajstić information content (AvgIpc) is 3.08. The second kappa shape index (κ2) is 8.19. The number of thiophene rings is 1. The van der Waals surface area contributed by atoms with E-state index in [1.807, 2.05) is 35.6 Å². The van der Waals surface area contributed by atoms with E-state index in [2.05, 4.69) is 34.8 Å². The lowest BCUT2D eigenvalue weighted by atomic mass is 10.1. The van der Waals surface area contributed by atoms with E-state index in [4.69, 9.17) is 0 Å². The van der Waals surface area contributed by atoms with E-state index in [1.54, 1.807) is 11.8 Å². The predicted molar refractivity (Wildman–Crippen MR) is 104 cm³/mol. The van der Waals surface area contributed by atoms with Crippen molar-refractivity contribution in [2.24, 2.45) is 0 Å². The molecule has 5 heteroatoms. The predicted octanol–water partition coefficient (Wildman–Crippen LogP) is 3.79. The Morgan fingerprint density at radius 2 is 2.12 bits per heavy atom. The fraction of sp³-hybridized carbons (Fsp3) is 0.421. The Morgan fingerprint density at radius 1 is 1.33 bits per heavy atom. The molecule has 1 amide bonds. The van der Waals surface area contributed by atoms with Gasteiger partial charge in [0, 0.05) is 41.9 Å². The smallest absolute Gasteiger partial charge is 0.251 e. The van der Waals surface area contributed by atoms with Crippen LogP contribution >= 0.6 is 23.1 Å². The van der Waals surface area contributed by atoms with Crippen molar-refractivity contribution in [1.29, 1.82) is 0 Å². The van der Waals surface area contributed by atoms with Crippen LogP contribution in [0.2, 0.25) is 0 Å². The van der Waals surface area contributed by atoms with Gasteiger partial charge in [-0.2, -0.15) is 11.8 Å². The molecule has 0 spiro atoms. The maximum atomic E-state index is 12.3. The number of benzene rings is 1. The lowest BCUT2D eigenvalue weighted by Gasteiger charge is -2.32. The van der Waals surface area contributed by atoms with Crippen LogP contribution in [0.4, 0.5) is 0 Å². The van der Waals surface area contributed by atoms with Crippen LogP contribution in [0.1, 0.15) is 33.3 Å². The first-order chi connectivity index (χ1) is 11.7. The van der Waals surface area contributed by atoms with Crippen LogP contribution in [0.5, 0.6) is 0 Å². The Balaban J connectivity index is 1.50. The van der Waals surface area contributed by atoms with Gasteiger partial charge in [0.15, 0.2) is 0 Å². The third kappa shape index (κ3) is 4.21. The maximum Gasteiger partial charge on any atom is 0.251 e. The van der Waals surface area contributed by atoms with Crippen molar-refractivity contribution in [3.05, 3.63) is 57.3 Å². The summed E-state index contributed by atoms with van der Waals surface area (Å²) in [4.78, 5) is 16.3. The van der Waals surface area contributed by atoms with Crippen molar-refractivity contribution >= 4 is 29.0 Å². The van der Waals surface area contributed by atoms with E-state index >= 15 is 0 Å². The molecule has 0 radical (unpaired) electrons. The summed E-state index contributed by atoms with van der Waals surface area (Å²) in [5, 5.41) is 5.26. The zero-order valence-corrected chi connectivity index (χ0v) is 15.9. The van der Waals surface area contributed by atoms with E-state index in [-0.39, 0.29) is 5.91 Å². The molecule has 0 saturated heterocycles. The monoisotopic (exact) mass is 360 g/mol. The molecule has 1 aliphatic heterocycles. The van der Waals surface area contributed by atoms with Crippen molar-refractivity contribution in [1.82, 2.24) is 10.2 Å². The first-order valence-corrected chi connectivity index (χ1v) is 10.6. The molecular weight excluding hydrogens is 336 g/mol. The largest absolute Gasteiger partial charge is 0.350 e. The van der Waals surface area contributed by atoms with Crippen molar-refractivity contribution in [3.63, 3.8) is 0 Å². The van der Waals surface area contributed by atoms with Gasteiger partial charge in [0.25, 0.3) is 5.91 Å². The van der Waals surface area contributed by atoms with Gasteiger partial charge < -0.3 is 5.32 Å². The third-order valence-electron chi connectivity index (χ3n) is 4.55. The molecule has 0 saturated carbocycles. The Hall–Kier alpha value is -1.30. The van der Waals surface area contributed by atoms with Crippen LogP contribution in [-0.2, 0) is 18.7 Å². The SMILES string of the molecule is CSCc1ccc(C(=O)NCC(C)N2CCc3sccc3C2)cc1. The van der Waals surface area contributed by atoms with Gasteiger partial charge >= 0.3 is 0 Å². The van der Waals surface area contributed by atoms with Crippen LogP contribution in [0.15, 0.2) is 35.7 Å². The molecule has 1 aromatic heterocycles. The van der Waals surface area contributed by atoms with Gasteiger partial charge in [0.1, 0.15) is 0 Å². The van der Waals surface area contributed by atoms with E-state index in [1.165, 1.54) is 16.0 Å². The Labute approximate surface area is 152 Å². The maximum absolute atomic E-state index is 12.3. The van der Waals surface area contributed by atoms with Crippen molar-refractivity contribution < 1.29 is 4.79 Å². The zero-order valence-electron chi connectivity index (χ0n) is 14.2. The molecule has 0 fully saturated rings. The van der Waals surface area contributed by atoms with Gasteiger partial charge in [-0.05, 0) is 54.3 Å². The average molecular weight is 361 g/mol. The third-order valence-corrected chi connectivity index (χ3v) is 6.19. The number of hydrogen-bond donors (Lipinski definition) is 1. The zero-order chi connectivity index (χ0) is 16.9. The lowest BCUT2D eigenvalue weighted by Crippen LogP contribution is -2.44. The van der Waals surface area contributed by atoms with E-state index in [9.17, 15) is 4.79 Å². The summed E-state index contributed by atoms with van der Waals surface area (Å²) in [6.07, 6.45) is 3.21. The topological polar surface area (TPSA) is 32.3 Å². The molecule has 2 heterocycles. The highest BCUT2D eigenvalue weighted by atomic mass is 32.2. The van der Waals surface area contributed by atoms with Crippen LogP contribution < -0.4 is 5.32 Å². The van der Waals surface area contributed by atoms with Gasteiger partial charge in [-0.3, -0.25) is 9.69 Å². The molecule has 1 N–H and O–H groups in total. The number of carbonyl (C=O) groups excluding carboxylic acids is 1. The van der Waals surface area contributed by atoms with Crippen LogP contribution in [0.25, 0.3) is 0 Å². The van der Waals surface area contributed by atoms with Gasteiger partial charge in [0.2, 0.25) is 0 Å². The summed E-state index contributed by atoms with van der Waals surface area (Å²) in [6.45, 7) is 4.96. The highest BCUT2D eigenvalue weighted by Gasteiger charge is 2.21. The second-order valence-electron chi connectivity index (χ2n) is 6.28. The Morgan fingerprint density at radius 3 is 2.88 bits per heavy atom. The summed E-state index contributed by atoms with van der Waals surface area (Å²) < 4.78 is 0. The summed E-state index contributed by atoms with van der Waals surface area (Å²) in [6, 6.07) is 10.5. The highest BCUT2D eigenvalue weighted by molar-refractivity contribution is 7.97. The molecule has 3 rings (SSSR count). The van der Waals surface area contributed by atoms with Gasteiger partial charge in [0.05, 0.1) is 0 Å². The summed E-state index contributed by atoms with van der Waals surface area (Å²) in [7, 11) is 0. The molecular formula is C19H24N2OS2. The molecule has 1 unspecified atom stereocenters. The second-order valence-corrected chi connectivity index (χ2v) is 8.15. The number of rotatable bonds is 6. The van der Waals surface area contributed by atoms with E-state index in [0.717, 1.165) is 30.8 Å². The molecule has 3 nitrogen and oxygen atoms in total. The fourth-order valence-electron chi connectivity index (χ4n) is 3.04. The van der Waals surface area contributed by atoms with Crippen LogP contribution in [0, 0.1) is 0 Å². The van der Waals surface area contributed by atoms with Gasteiger partial charge in [-0.15, -0.1) is 11.3 Å². The van der Waals surface area contributed by atoms with Crippen molar-refractivity contribution in [2.75, 3.05) is 19.3 Å². The molecule has 1 aliphatic rings. The summed E-state index contributed by atoms with van der Waals surface area (Å²) in [5.74, 6) is 1.00. The van der Waals surface area contributed by atoms with Crippen LogP contribution in [-0.4, -0.2) is 36.2 Å². The highest BCUT2D eigenvalue weighted by Crippen LogP contribution is 2.25. The van der Waals surface area contributed by atoms with E-state index < -0.39 is 0 Å². The first kappa shape index (κ1) is 17.5. The van der Waals surface area contributed by atoms with Crippen molar-refractivity contribution in [2.45, 2.75) is 31.7 Å². The minimum atomic E-state index is 0.0192. The number of amides is 1. The number of thioether (sulfide) groups is 1. The summed E-state index contributed by atoms with van der Waals surface area (Å²) in [5.41, 5.74) is 3.45. The molecule has 0 bridgehead atoms. The minimum absolute atomic E-state index is 0.0192. The van der Waals surface area contributed by atoms with Crippen molar-refractivity contribution in [3.8, 4) is 0 Å². The first-order valence-electron chi connectivity index (χ1n) is 8.32. The standard InChI is InChI=1S/C19H24N2OS2/c1-14(21-9-7-18-17(12-21)8-10-24-18)11-20-19(22)16-5-3-15(4-6-16)13-23-2/h3-6,8,10,14H,7,9,11-13H2,1-2H3,(H,20,22). The number of carbonyl (C=O) groups is 1. The normalized spacial score (nSPS) is 15.8. The van der Waals surface area contributed by atoms with Crippen LogP contribution in [0.3, 0.4) is 0 Å². The number of hydrogen-bond acceptors (Lipinski definition) is 4. The molecule has 2 aromatic rings. The fourth-order valence-corrected chi connectivity index (χ4v) is 4.45. The minimum Gasteiger partial charge on any atom is -0.350 e. The molecule has 1 atom stereocenters.